The second kappa shape index (κ2) is 6.89. The van der Waals surface area contributed by atoms with Crippen LogP contribution in [0.3, 0.4) is 0 Å². The molecule has 0 aromatic heterocycles. The van der Waals surface area contributed by atoms with Crippen LogP contribution in [0.5, 0.6) is 0 Å². The van der Waals surface area contributed by atoms with Crippen molar-refractivity contribution in [2.45, 2.75) is 31.7 Å². The molecule has 1 aromatic rings. The first-order valence-electron chi connectivity index (χ1n) is 6.88. The highest BCUT2D eigenvalue weighted by atomic mass is 16.4. The number of carboxylic acid groups (broad SMARTS) is 1. The Morgan fingerprint density at radius 1 is 1.30 bits per heavy atom. The molecule has 1 amide bonds. The van der Waals surface area contributed by atoms with Gasteiger partial charge in [-0.1, -0.05) is 42.5 Å². The van der Waals surface area contributed by atoms with E-state index in [0.29, 0.717) is 12.8 Å². The summed E-state index contributed by atoms with van der Waals surface area (Å²) in [6.45, 7) is 0. The number of hydrogen-bond donors (Lipinski definition) is 2. The van der Waals surface area contributed by atoms with E-state index in [1.807, 2.05) is 36.4 Å². The molecule has 0 heterocycles. The molecule has 0 saturated heterocycles. The van der Waals surface area contributed by atoms with Gasteiger partial charge < -0.3 is 10.4 Å². The molecule has 0 aliphatic heterocycles. The highest BCUT2D eigenvalue weighted by Gasteiger charge is 2.22. The first-order chi connectivity index (χ1) is 9.65. The second-order valence-corrected chi connectivity index (χ2v) is 5.12. The Kier molecular flexibility index (Phi) is 4.93. The van der Waals surface area contributed by atoms with E-state index in [9.17, 15) is 14.7 Å². The Balaban J connectivity index is 1.90. The first-order valence-corrected chi connectivity index (χ1v) is 6.88. The van der Waals surface area contributed by atoms with Gasteiger partial charge in [-0.3, -0.25) is 4.79 Å². The minimum absolute atomic E-state index is 0.190. The maximum Gasteiger partial charge on any atom is 0.326 e. The second-order valence-electron chi connectivity index (χ2n) is 5.12. The molecule has 0 radical (unpaired) electrons. The Morgan fingerprint density at radius 2 is 2.05 bits per heavy atom. The minimum Gasteiger partial charge on any atom is -0.480 e. The van der Waals surface area contributed by atoms with Gasteiger partial charge in [-0.15, -0.1) is 0 Å². The molecule has 2 atom stereocenters. The number of carboxylic acids is 1. The molecule has 2 rings (SSSR count). The van der Waals surface area contributed by atoms with Crippen LogP contribution in [-0.4, -0.2) is 23.0 Å². The summed E-state index contributed by atoms with van der Waals surface area (Å²) in [5, 5.41) is 11.8. The minimum atomic E-state index is -0.996. The van der Waals surface area contributed by atoms with Gasteiger partial charge in [0.05, 0.1) is 0 Å². The third-order valence-corrected chi connectivity index (χ3v) is 3.48. The number of allylic oxidation sites excluding steroid dienone is 2. The summed E-state index contributed by atoms with van der Waals surface area (Å²) >= 11 is 0. The monoisotopic (exact) mass is 273 g/mol. The number of rotatable bonds is 6. The molecule has 0 bridgehead atoms. The van der Waals surface area contributed by atoms with Crippen LogP contribution in [0.1, 0.15) is 24.8 Å². The molecule has 1 aromatic carbocycles. The Morgan fingerprint density at radius 3 is 2.65 bits per heavy atom. The lowest BCUT2D eigenvalue weighted by molar-refractivity contribution is -0.141. The normalized spacial score (nSPS) is 18.7. The van der Waals surface area contributed by atoms with Crippen LogP contribution in [0.15, 0.2) is 42.5 Å². The van der Waals surface area contributed by atoms with Crippen LogP contribution in [0.4, 0.5) is 0 Å². The summed E-state index contributed by atoms with van der Waals surface area (Å²) in [6.07, 6.45) is 6.76. The molecule has 0 spiro atoms. The molecule has 1 aliphatic rings. The van der Waals surface area contributed by atoms with E-state index in [0.717, 1.165) is 18.4 Å². The smallest absolute Gasteiger partial charge is 0.326 e. The molecule has 4 heteroatoms. The van der Waals surface area contributed by atoms with E-state index in [2.05, 4.69) is 11.4 Å². The van der Waals surface area contributed by atoms with E-state index in [4.69, 9.17) is 0 Å². The predicted octanol–water partition coefficient (Wildman–Crippen LogP) is 2.15. The van der Waals surface area contributed by atoms with Gasteiger partial charge in [0.15, 0.2) is 0 Å². The van der Waals surface area contributed by atoms with Crippen molar-refractivity contribution in [2.75, 3.05) is 0 Å². The van der Waals surface area contributed by atoms with E-state index < -0.39 is 12.0 Å². The zero-order valence-electron chi connectivity index (χ0n) is 11.3. The summed E-state index contributed by atoms with van der Waals surface area (Å²) in [6, 6.07) is 8.46. The van der Waals surface area contributed by atoms with E-state index in [-0.39, 0.29) is 11.8 Å². The van der Waals surface area contributed by atoms with E-state index in [1.165, 1.54) is 0 Å². The third kappa shape index (κ3) is 4.23. The summed E-state index contributed by atoms with van der Waals surface area (Å²) in [5.74, 6) is -0.935. The van der Waals surface area contributed by atoms with Gasteiger partial charge in [0.25, 0.3) is 0 Å². The van der Waals surface area contributed by atoms with Crippen LogP contribution in [0, 0.1) is 5.92 Å². The number of benzene rings is 1. The summed E-state index contributed by atoms with van der Waals surface area (Å²) in [5.41, 5.74) is 0.904. The van der Waals surface area contributed by atoms with E-state index >= 15 is 0 Å². The van der Waals surface area contributed by atoms with Crippen molar-refractivity contribution < 1.29 is 14.7 Å². The standard InChI is InChI=1S/C16H19NO3/c18-15(11-13-8-4-5-9-13)17-14(16(19)20)10-12-6-2-1-3-7-12/h1-4,6-8,13-14H,5,9-11H2,(H,17,18)(H,19,20)/t13?,14-/m1/s1. The van der Waals surface area contributed by atoms with Gasteiger partial charge in [0.1, 0.15) is 6.04 Å². The van der Waals surface area contributed by atoms with Crippen molar-refractivity contribution in [2.24, 2.45) is 5.92 Å². The zero-order chi connectivity index (χ0) is 14.4. The van der Waals surface area contributed by atoms with Crippen LogP contribution in [0.25, 0.3) is 0 Å². The first kappa shape index (κ1) is 14.3. The quantitative estimate of drug-likeness (QED) is 0.780. The molecule has 4 nitrogen and oxygen atoms in total. The van der Waals surface area contributed by atoms with Crippen molar-refractivity contribution in [1.29, 1.82) is 0 Å². The number of amides is 1. The molecule has 106 valence electrons. The Bertz CT molecular complexity index is 496. The topological polar surface area (TPSA) is 66.4 Å². The summed E-state index contributed by atoms with van der Waals surface area (Å²) in [7, 11) is 0. The SMILES string of the molecule is O=C(CC1C=CCC1)N[C@H](Cc1ccccc1)C(=O)O. The van der Waals surface area contributed by atoms with Crippen molar-refractivity contribution in [3.8, 4) is 0 Å². The van der Waals surface area contributed by atoms with Crippen LogP contribution in [0.2, 0.25) is 0 Å². The molecule has 0 fully saturated rings. The third-order valence-electron chi connectivity index (χ3n) is 3.48. The lowest BCUT2D eigenvalue weighted by Gasteiger charge is -2.16. The van der Waals surface area contributed by atoms with Gasteiger partial charge in [0.2, 0.25) is 5.91 Å². The van der Waals surface area contributed by atoms with Gasteiger partial charge >= 0.3 is 5.97 Å². The maximum absolute atomic E-state index is 11.9. The lowest BCUT2D eigenvalue weighted by atomic mass is 10.0. The Hall–Kier alpha value is -2.10. The van der Waals surface area contributed by atoms with Crippen molar-refractivity contribution >= 4 is 11.9 Å². The van der Waals surface area contributed by atoms with Crippen LogP contribution < -0.4 is 5.32 Å². The van der Waals surface area contributed by atoms with Gasteiger partial charge in [0, 0.05) is 12.8 Å². The highest BCUT2D eigenvalue weighted by molar-refractivity contribution is 5.84. The van der Waals surface area contributed by atoms with Crippen molar-refractivity contribution in [3.63, 3.8) is 0 Å². The lowest BCUT2D eigenvalue weighted by Crippen LogP contribution is -2.42. The van der Waals surface area contributed by atoms with Crippen molar-refractivity contribution in [3.05, 3.63) is 48.0 Å². The molecule has 1 unspecified atom stereocenters. The number of carbonyl (C=O) groups is 2. The molecule has 20 heavy (non-hydrogen) atoms. The fourth-order valence-corrected chi connectivity index (χ4v) is 2.41. The highest BCUT2D eigenvalue weighted by Crippen LogP contribution is 2.20. The Labute approximate surface area is 118 Å². The van der Waals surface area contributed by atoms with Crippen LogP contribution in [-0.2, 0) is 16.0 Å². The summed E-state index contributed by atoms with van der Waals surface area (Å²) in [4.78, 5) is 23.1. The number of carbonyl (C=O) groups excluding carboxylic acids is 1. The average Bonchev–Trinajstić information content (AvgIpc) is 2.92. The number of aliphatic carboxylic acids is 1. The average molecular weight is 273 g/mol. The number of hydrogen-bond acceptors (Lipinski definition) is 2. The zero-order valence-corrected chi connectivity index (χ0v) is 11.3. The van der Waals surface area contributed by atoms with Gasteiger partial charge in [-0.25, -0.2) is 4.79 Å². The predicted molar refractivity (Wildman–Crippen MR) is 76.2 cm³/mol. The van der Waals surface area contributed by atoms with Crippen LogP contribution >= 0.6 is 0 Å². The number of nitrogens with one attached hydrogen (secondary N) is 1. The largest absolute Gasteiger partial charge is 0.480 e. The fourth-order valence-electron chi connectivity index (χ4n) is 2.41. The maximum atomic E-state index is 11.9. The molecule has 1 aliphatic carbocycles. The fraction of sp³-hybridized carbons (Fsp3) is 0.375. The van der Waals surface area contributed by atoms with E-state index in [1.54, 1.807) is 0 Å². The van der Waals surface area contributed by atoms with Crippen molar-refractivity contribution in [1.82, 2.24) is 5.32 Å². The molecular formula is C16H19NO3. The molecule has 0 saturated carbocycles. The molecule has 2 N–H and O–H groups in total. The van der Waals surface area contributed by atoms with Gasteiger partial charge in [-0.2, -0.15) is 0 Å². The summed E-state index contributed by atoms with van der Waals surface area (Å²) < 4.78 is 0. The molecular weight excluding hydrogens is 254 g/mol. The van der Waals surface area contributed by atoms with Gasteiger partial charge in [-0.05, 0) is 24.3 Å².